The molecule has 0 radical (unpaired) electrons. The number of benzene rings is 2. The van der Waals surface area contributed by atoms with Crippen LogP contribution >= 0.6 is 11.6 Å². The minimum Gasteiger partial charge on any atom is -0.545 e. The van der Waals surface area contributed by atoms with Crippen LogP contribution in [0.2, 0.25) is 5.02 Å². The van der Waals surface area contributed by atoms with Crippen LogP contribution in [0.25, 0.3) is 0 Å². The summed E-state index contributed by atoms with van der Waals surface area (Å²) >= 11 is 5.61. The van der Waals surface area contributed by atoms with Gasteiger partial charge in [0.25, 0.3) is 0 Å². The lowest BCUT2D eigenvalue weighted by molar-refractivity contribution is -0.255. The number of carbonyl (C=O) groups is 1. The lowest BCUT2D eigenvalue weighted by atomic mass is 9.98. The first-order valence-electron chi connectivity index (χ1n) is 10.5. The molecular formula is C23H20ClF5NO3-. The fourth-order valence-corrected chi connectivity index (χ4v) is 4.33. The van der Waals surface area contributed by atoms with E-state index in [2.05, 4.69) is 0 Å². The minimum atomic E-state index is -4.68. The van der Waals surface area contributed by atoms with Gasteiger partial charge < -0.3 is 14.6 Å². The first kappa shape index (κ1) is 23.8. The molecule has 0 atom stereocenters. The van der Waals surface area contributed by atoms with Gasteiger partial charge in [-0.15, -0.1) is 0 Å². The van der Waals surface area contributed by atoms with Gasteiger partial charge in [0, 0.05) is 25.2 Å². The Hall–Kier alpha value is -2.39. The highest BCUT2D eigenvalue weighted by Crippen LogP contribution is 2.43. The van der Waals surface area contributed by atoms with Crippen LogP contribution in [0.3, 0.4) is 0 Å². The highest BCUT2D eigenvalue weighted by molar-refractivity contribution is 6.31. The predicted molar refractivity (Wildman–Crippen MR) is 108 cm³/mol. The molecule has 1 heterocycles. The van der Waals surface area contributed by atoms with E-state index in [4.69, 9.17) is 16.3 Å². The summed E-state index contributed by atoms with van der Waals surface area (Å²) in [5.74, 6) is -3.77. The molecule has 0 aromatic heterocycles. The fourth-order valence-electron chi connectivity index (χ4n) is 4.12. The van der Waals surface area contributed by atoms with Crippen molar-refractivity contribution in [3.63, 3.8) is 0 Å². The molecule has 0 N–H and O–H groups in total. The molecule has 1 aliphatic carbocycles. The standard InChI is InChI=1S/C23H21ClF5NO3/c24-18-8-14(23(27,28)29)9-20(21(18)26)33-15-3-5-30(6-4-15)11-13-7-19(25)17(22(31)32)10-16(13)12-1-2-12/h7-10,12,15H,1-6,11H2,(H,31,32)/p-1. The Morgan fingerprint density at radius 2 is 1.76 bits per heavy atom. The van der Waals surface area contributed by atoms with Gasteiger partial charge in [-0.2, -0.15) is 13.2 Å². The highest BCUT2D eigenvalue weighted by Gasteiger charge is 2.34. The van der Waals surface area contributed by atoms with E-state index in [1.165, 1.54) is 12.1 Å². The molecule has 0 unspecified atom stereocenters. The molecule has 33 heavy (non-hydrogen) atoms. The molecule has 1 saturated heterocycles. The van der Waals surface area contributed by atoms with Gasteiger partial charge in [-0.05, 0) is 67.0 Å². The Bertz CT molecular complexity index is 1060. The number of aromatic carboxylic acids is 1. The fraction of sp³-hybridized carbons (Fsp3) is 0.435. The molecule has 2 fully saturated rings. The van der Waals surface area contributed by atoms with Crippen LogP contribution in [0, 0.1) is 11.6 Å². The molecule has 4 nitrogen and oxygen atoms in total. The number of rotatable bonds is 6. The van der Waals surface area contributed by atoms with Gasteiger partial charge in [-0.3, -0.25) is 4.90 Å². The van der Waals surface area contributed by atoms with Crippen LogP contribution in [0.15, 0.2) is 24.3 Å². The summed E-state index contributed by atoms with van der Waals surface area (Å²) in [6.07, 6.45) is -2.52. The second-order valence-electron chi connectivity index (χ2n) is 8.45. The van der Waals surface area contributed by atoms with E-state index >= 15 is 0 Å². The van der Waals surface area contributed by atoms with E-state index in [1.54, 1.807) is 0 Å². The normalized spacial score (nSPS) is 17.9. The summed E-state index contributed by atoms with van der Waals surface area (Å²) in [5, 5.41) is 10.5. The first-order valence-corrected chi connectivity index (χ1v) is 10.9. The van der Waals surface area contributed by atoms with Crippen LogP contribution in [0.1, 0.15) is 58.6 Å². The average Bonchev–Trinajstić information content (AvgIpc) is 3.57. The first-order chi connectivity index (χ1) is 15.5. The summed E-state index contributed by atoms with van der Waals surface area (Å²) in [6, 6.07) is 3.72. The van der Waals surface area contributed by atoms with Gasteiger partial charge in [0.05, 0.1) is 16.6 Å². The number of carboxylic acid groups (broad SMARTS) is 1. The molecule has 2 aromatic rings. The van der Waals surface area contributed by atoms with E-state index < -0.39 is 51.8 Å². The molecule has 0 bridgehead atoms. The summed E-state index contributed by atoms with van der Waals surface area (Å²) in [4.78, 5) is 13.2. The van der Waals surface area contributed by atoms with Crippen molar-refractivity contribution in [2.24, 2.45) is 0 Å². The van der Waals surface area contributed by atoms with Gasteiger partial charge in [0.1, 0.15) is 11.9 Å². The van der Waals surface area contributed by atoms with Crippen LogP contribution in [-0.4, -0.2) is 30.1 Å². The van der Waals surface area contributed by atoms with Crippen LogP contribution in [0.5, 0.6) is 5.75 Å². The van der Waals surface area contributed by atoms with Gasteiger partial charge in [-0.25, -0.2) is 8.78 Å². The zero-order chi connectivity index (χ0) is 23.9. The molecule has 10 heteroatoms. The molecule has 0 amide bonds. The van der Waals surface area contributed by atoms with E-state index in [0.717, 1.165) is 18.4 Å². The van der Waals surface area contributed by atoms with Gasteiger partial charge >= 0.3 is 6.18 Å². The Kier molecular flexibility index (Phi) is 6.55. The second-order valence-corrected chi connectivity index (χ2v) is 8.86. The Balaban J connectivity index is 1.42. The second kappa shape index (κ2) is 9.10. The molecular weight excluding hydrogens is 469 g/mol. The summed E-state index contributed by atoms with van der Waals surface area (Å²) < 4.78 is 73.0. The maximum Gasteiger partial charge on any atom is 0.416 e. The monoisotopic (exact) mass is 488 g/mol. The van der Waals surface area contributed by atoms with Crippen molar-refractivity contribution >= 4 is 17.6 Å². The maximum atomic E-state index is 14.2. The Morgan fingerprint density at radius 1 is 1.09 bits per heavy atom. The SMILES string of the molecule is O=C([O-])c1cc(C2CC2)c(CN2CCC(Oc3cc(C(F)(F)F)cc(Cl)c3F)CC2)cc1F. The lowest BCUT2D eigenvalue weighted by Crippen LogP contribution is -2.38. The van der Waals surface area contributed by atoms with Gasteiger partial charge in [0.15, 0.2) is 11.6 Å². The molecule has 2 aliphatic rings. The predicted octanol–water partition coefficient (Wildman–Crippen LogP) is 4.92. The Morgan fingerprint density at radius 3 is 2.33 bits per heavy atom. The molecule has 1 saturated carbocycles. The molecule has 4 rings (SSSR count). The van der Waals surface area contributed by atoms with E-state index in [1.807, 2.05) is 4.90 Å². The third kappa shape index (κ3) is 5.41. The van der Waals surface area contributed by atoms with Crippen LogP contribution in [0.4, 0.5) is 22.0 Å². The maximum absolute atomic E-state index is 14.2. The number of likely N-dealkylation sites (tertiary alicyclic amines) is 1. The third-order valence-electron chi connectivity index (χ3n) is 6.01. The number of hydrogen-bond donors (Lipinski definition) is 0. The number of nitrogens with zero attached hydrogens (tertiary/aromatic N) is 1. The van der Waals surface area contributed by atoms with Crippen LogP contribution < -0.4 is 9.84 Å². The smallest absolute Gasteiger partial charge is 0.416 e. The quantitative estimate of drug-likeness (QED) is 0.542. The summed E-state index contributed by atoms with van der Waals surface area (Å²) in [7, 11) is 0. The number of ether oxygens (including phenoxy) is 1. The van der Waals surface area contributed by atoms with Crippen LogP contribution in [-0.2, 0) is 12.7 Å². The Labute approximate surface area is 191 Å². The molecule has 2 aromatic carbocycles. The number of piperidine rings is 1. The van der Waals surface area contributed by atoms with E-state index in [0.29, 0.717) is 50.2 Å². The highest BCUT2D eigenvalue weighted by atomic mass is 35.5. The number of carboxylic acids is 1. The third-order valence-corrected chi connectivity index (χ3v) is 6.29. The van der Waals surface area contributed by atoms with Crippen molar-refractivity contribution in [2.45, 2.75) is 50.4 Å². The molecule has 1 aliphatic heterocycles. The van der Waals surface area contributed by atoms with Gasteiger partial charge in [0.2, 0.25) is 0 Å². The zero-order valence-corrected chi connectivity index (χ0v) is 18.1. The van der Waals surface area contributed by atoms with Crippen molar-refractivity contribution in [1.82, 2.24) is 4.90 Å². The molecule has 0 spiro atoms. The lowest BCUT2D eigenvalue weighted by Gasteiger charge is -2.33. The number of alkyl halides is 3. The zero-order valence-electron chi connectivity index (χ0n) is 17.4. The number of carbonyl (C=O) groups excluding carboxylic acids is 1. The van der Waals surface area contributed by atoms with Crippen molar-refractivity contribution in [3.05, 3.63) is 63.2 Å². The average molecular weight is 489 g/mol. The van der Waals surface area contributed by atoms with Crippen molar-refractivity contribution < 1.29 is 36.6 Å². The van der Waals surface area contributed by atoms with E-state index in [9.17, 15) is 31.9 Å². The van der Waals surface area contributed by atoms with Gasteiger partial charge in [-0.1, -0.05) is 11.6 Å². The topological polar surface area (TPSA) is 52.6 Å². The summed E-state index contributed by atoms with van der Waals surface area (Å²) in [5.41, 5.74) is -0.0322. The minimum absolute atomic E-state index is 0.202. The van der Waals surface area contributed by atoms with E-state index in [-0.39, 0.29) is 5.92 Å². The van der Waals surface area contributed by atoms with Crippen molar-refractivity contribution in [3.8, 4) is 5.75 Å². The van der Waals surface area contributed by atoms with Crippen molar-refractivity contribution in [1.29, 1.82) is 0 Å². The number of halogens is 6. The molecule has 178 valence electrons. The van der Waals surface area contributed by atoms with Crippen molar-refractivity contribution in [2.75, 3.05) is 13.1 Å². The number of hydrogen-bond acceptors (Lipinski definition) is 4. The summed E-state index contributed by atoms with van der Waals surface area (Å²) in [6.45, 7) is 1.38. The largest absolute Gasteiger partial charge is 0.545 e.